The molecular weight excluding hydrogens is 328 g/mol. The Bertz CT molecular complexity index is 414. The van der Waals surface area contributed by atoms with Crippen LogP contribution < -0.4 is 5.32 Å². The van der Waals surface area contributed by atoms with Crippen molar-refractivity contribution in [3.05, 3.63) is 22.8 Å². The minimum Gasteiger partial charge on any atom is -0.468 e. The largest absolute Gasteiger partial charge is 0.468 e. The number of carbonyl (C=O) groups is 1. The SMILES string of the molecule is CCCNC(C)(CSc1ccc(Br)cn1)C(=O)OC. The topological polar surface area (TPSA) is 51.2 Å². The van der Waals surface area contributed by atoms with Crippen molar-refractivity contribution in [1.29, 1.82) is 0 Å². The number of halogens is 1. The zero-order valence-corrected chi connectivity index (χ0v) is 13.8. The first kappa shape index (κ1) is 16.5. The van der Waals surface area contributed by atoms with Crippen molar-refractivity contribution in [2.75, 3.05) is 19.4 Å². The molecule has 1 rings (SSSR count). The minimum absolute atomic E-state index is 0.245. The molecule has 1 atom stereocenters. The van der Waals surface area contributed by atoms with Gasteiger partial charge in [-0.05, 0) is 48.0 Å². The average molecular weight is 347 g/mol. The third kappa shape index (κ3) is 5.12. The number of methoxy groups -OCH3 is 1. The standard InChI is InChI=1S/C13H19BrN2O2S/c1-4-7-16-13(2,12(17)18-3)9-19-11-6-5-10(14)8-15-11/h5-6,8,16H,4,7,9H2,1-3H3. The number of thioether (sulfide) groups is 1. The molecule has 1 N–H and O–H groups in total. The third-order valence-corrected chi connectivity index (χ3v) is 4.34. The van der Waals surface area contributed by atoms with Gasteiger partial charge in [0.25, 0.3) is 0 Å². The predicted octanol–water partition coefficient (Wildman–Crippen LogP) is 2.87. The Morgan fingerprint density at radius 2 is 2.32 bits per heavy atom. The summed E-state index contributed by atoms with van der Waals surface area (Å²) in [7, 11) is 1.41. The molecule has 1 unspecified atom stereocenters. The lowest BCUT2D eigenvalue weighted by molar-refractivity contribution is -0.146. The highest BCUT2D eigenvalue weighted by molar-refractivity contribution is 9.10. The number of aromatic nitrogens is 1. The summed E-state index contributed by atoms with van der Waals surface area (Å²) in [6, 6.07) is 3.86. The summed E-state index contributed by atoms with van der Waals surface area (Å²) in [6.07, 6.45) is 2.71. The van der Waals surface area contributed by atoms with Gasteiger partial charge in [-0.2, -0.15) is 0 Å². The molecule has 0 radical (unpaired) electrons. The summed E-state index contributed by atoms with van der Waals surface area (Å²) in [5, 5.41) is 4.13. The van der Waals surface area contributed by atoms with Crippen molar-refractivity contribution < 1.29 is 9.53 Å². The average Bonchev–Trinajstić information content (AvgIpc) is 2.43. The van der Waals surface area contributed by atoms with Crippen molar-refractivity contribution in [2.24, 2.45) is 0 Å². The van der Waals surface area contributed by atoms with E-state index in [-0.39, 0.29) is 5.97 Å². The number of hydrogen-bond donors (Lipinski definition) is 1. The maximum atomic E-state index is 11.9. The Morgan fingerprint density at radius 1 is 1.58 bits per heavy atom. The number of nitrogens with one attached hydrogen (secondary N) is 1. The van der Waals surface area contributed by atoms with E-state index in [1.807, 2.05) is 19.1 Å². The van der Waals surface area contributed by atoms with E-state index in [0.29, 0.717) is 5.75 Å². The van der Waals surface area contributed by atoms with E-state index in [1.54, 1.807) is 6.20 Å². The highest BCUT2D eigenvalue weighted by Gasteiger charge is 2.33. The maximum absolute atomic E-state index is 11.9. The van der Waals surface area contributed by atoms with Crippen LogP contribution in [0.4, 0.5) is 0 Å². The van der Waals surface area contributed by atoms with E-state index in [4.69, 9.17) is 4.74 Å². The second-order valence-electron chi connectivity index (χ2n) is 4.35. The molecular formula is C13H19BrN2O2S. The van der Waals surface area contributed by atoms with Crippen LogP contribution in [0.15, 0.2) is 27.8 Å². The number of nitrogens with zero attached hydrogens (tertiary/aromatic N) is 1. The summed E-state index contributed by atoms with van der Waals surface area (Å²) in [5.74, 6) is 0.333. The Kier molecular flexibility index (Phi) is 6.82. The van der Waals surface area contributed by atoms with Crippen LogP contribution in [0.1, 0.15) is 20.3 Å². The maximum Gasteiger partial charge on any atom is 0.326 e. The van der Waals surface area contributed by atoms with Crippen molar-refractivity contribution in [2.45, 2.75) is 30.8 Å². The fourth-order valence-corrected chi connectivity index (χ4v) is 2.66. The van der Waals surface area contributed by atoms with E-state index in [1.165, 1.54) is 18.9 Å². The van der Waals surface area contributed by atoms with Gasteiger partial charge in [-0.1, -0.05) is 6.92 Å². The molecule has 1 aromatic rings. The van der Waals surface area contributed by atoms with Crippen LogP contribution in [0.25, 0.3) is 0 Å². The number of rotatable bonds is 7. The van der Waals surface area contributed by atoms with Crippen LogP contribution in [0.3, 0.4) is 0 Å². The van der Waals surface area contributed by atoms with E-state index in [2.05, 4.69) is 33.2 Å². The lowest BCUT2D eigenvalue weighted by Crippen LogP contribution is -2.52. The molecule has 0 aliphatic heterocycles. The van der Waals surface area contributed by atoms with Gasteiger partial charge in [0.15, 0.2) is 0 Å². The molecule has 0 aliphatic carbocycles. The van der Waals surface area contributed by atoms with Gasteiger partial charge >= 0.3 is 5.97 Å². The first-order valence-electron chi connectivity index (χ1n) is 6.09. The van der Waals surface area contributed by atoms with Crippen LogP contribution in [0, 0.1) is 0 Å². The summed E-state index contributed by atoms with van der Waals surface area (Å²) < 4.78 is 5.82. The van der Waals surface area contributed by atoms with Gasteiger partial charge in [-0.3, -0.25) is 4.79 Å². The molecule has 19 heavy (non-hydrogen) atoms. The molecule has 4 nitrogen and oxygen atoms in total. The zero-order valence-electron chi connectivity index (χ0n) is 11.4. The molecule has 0 fully saturated rings. The normalized spacial score (nSPS) is 13.9. The minimum atomic E-state index is -0.690. The van der Waals surface area contributed by atoms with Crippen LogP contribution in [-0.2, 0) is 9.53 Å². The Labute approximate surface area is 126 Å². The molecule has 1 heterocycles. The number of hydrogen-bond acceptors (Lipinski definition) is 5. The first-order valence-corrected chi connectivity index (χ1v) is 7.87. The second-order valence-corrected chi connectivity index (χ2v) is 6.27. The van der Waals surface area contributed by atoms with E-state index in [9.17, 15) is 4.79 Å². The van der Waals surface area contributed by atoms with Crippen molar-refractivity contribution in [1.82, 2.24) is 10.3 Å². The van der Waals surface area contributed by atoms with E-state index < -0.39 is 5.54 Å². The smallest absolute Gasteiger partial charge is 0.326 e. The van der Waals surface area contributed by atoms with Gasteiger partial charge < -0.3 is 10.1 Å². The summed E-state index contributed by atoms with van der Waals surface area (Å²) in [5.41, 5.74) is -0.690. The molecule has 6 heteroatoms. The Balaban J connectivity index is 2.67. The first-order chi connectivity index (χ1) is 9.01. The van der Waals surface area contributed by atoms with Gasteiger partial charge in [0.05, 0.1) is 12.1 Å². The van der Waals surface area contributed by atoms with Crippen LogP contribution in [0.5, 0.6) is 0 Å². The van der Waals surface area contributed by atoms with Gasteiger partial charge in [0.2, 0.25) is 0 Å². The molecule has 0 saturated carbocycles. The number of pyridine rings is 1. The quantitative estimate of drug-likeness (QED) is 0.607. The highest BCUT2D eigenvalue weighted by Crippen LogP contribution is 2.23. The van der Waals surface area contributed by atoms with Gasteiger partial charge in [0.1, 0.15) is 5.54 Å². The van der Waals surface area contributed by atoms with Crippen molar-refractivity contribution in [3.63, 3.8) is 0 Å². The van der Waals surface area contributed by atoms with Gasteiger partial charge in [0, 0.05) is 16.4 Å². The second kappa shape index (κ2) is 7.87. The van der Waals surface area contributed by atoms with Crippen molar-refractivity contribution >= 4 is 33.7 Å². The lowest BCUT2D eigenvalue weighted by atomic mass is 10.1. The van der Waals surface area contributed by atoms with Crippen molar-refractivity contribution in [3.8, 4) is 0 Å². The molecule has 0 bridgehead atoms. The molecule has 0 aliphatic rings. The third-order valence-electron chi connectivity index (χ3n) is 2.61. The van der Waals surface area contributed by atoms with Crippen LogP contribution in [-0.4, -0.2) is 35.9 Å². The molecule has 0 amide bonds. The number of carbonyl (C=O) groups excluding carboxylic acids is 1. The van der Waals surface area contributed by atoms with Crippen LogP contribution in [0.2, 0.25) is 0 Å². The van der Waals surface area contributed by atoms with Gasteiger partial charge in [-0.25, -0.2) is 4.98 Å². The molecule has 1 aromatic heterocycles. The van der Waals surface area contributed by atoms with E-state index >= 15 is 0 Å². The Hall–Kier alpha value is -0.590. The molecule has 0 spiro atoms. The van der Waals surface area contributed by atoms with E-state index in [0.717, 1.165) is 22.5 Å². The molecule has 0 saturated heterocycles. The van der Waals surface area contributed by atoms with Crippen LogP contribution >= 0.6 is 27.7 Å². The summed E-state index contributed by atoms with van der Waals surface area (Å²) in [6.45, 7) is 4.70. The monoisotopic (exact) mass is 346 g/mol. The fourth-order valence-electron chi connectivity index (χ4n) is 1.47. The highest BCUT2D eigenvalue weighted by atomic mass is 79.9. The Morgan fingerprint density at radius 3 is 2.84 bits per heavy atom. The summed E-state index contributed by atoms with van der Waals surface area (Å²) in [4.78, 5) is 16.2. The fraction of sp³-hybridized carbons (Fsp3) is 0.538. The number of ether oxygens (including phenoxy) is 1. The summed E-state index contributed by atoms with van der Waals surface area (Å²) >= 11 is 4.88. The predicted molar refractivity (Wildman–Crippen MR) is 81.4 cm³/mol. The zero-order chi connectivity index (χ0) is 14.3. The lowest BCUT2D eigenvalue weighted by Gasteiger charge is -2.27. The number of esters is 1. The molecule has 0 aromatic carbocycles. The van der Waals surface area contributed by atoms with Gasteiger partial charge in [-0.15, -0.1) is 11.8 Å². The molecule has 106 valence electrons.